The van der Waals surface area contributed by atoms with Crippen molar-refractivity contribution in [1.29, 1.82) is 0 Å². The van der Waals surface area contributed by atoms with Gasteiger partial charge in [-0.3, -0.25) is 9.48 Å². The van der Waals surface area contributed by atoms with Crippen molar-refractivity contribution < 1.29 is 9.21 Å². The van der Waals surface area contributed by atoms with Gasteiger partial charge in [-0.2, -0.15) is 5.10 Å². The molecule has 1 aromatic carbocycles. The number of carbonyl (C=O) groups is 1. The summed E-state index contributed by atoms with van der Waals surface area (Å²) >= 11 is 13.5. The molecule has 4 aromatic rings. The number of hydrogen-bond acceptors (Lipinski definition) is 6. The Morgan fingerprint density at radius 3 is 2.74 bits per heavy atom. The number of furan rings is 1. The second-order valence-electron chi connectivity index (χ2n) is 5.47. The molecular formula is C17H11Cl2N5O2S. The van der Waals surface area contributed by atoms with E-state index >= 15 is 0 Å². The Morgan fingerprint density at radius 2 is 2.00 bits per heavy atom. The number of hydrogen-bond donors (Lipinski definition) is 1. The van der Waals surface area contributed by atoms with Gasteiger partial charge < -0.3 is 9.73 Å². The van der Waals surface area contributed by atoms with Crippen molar-refractivity contribution >= 4 is 46.1 Å². The summed E-state index contributed by atoms with van der Waals surface area (Å²) in [4.78, 5) is 12.4. The molecule has 1 amide bonds. The lowest BCUT2D eigenvalue weighted by Gasteiger charge is -2.06. The van der Waals surface area contributed by atoms with Crippen LogP contribution in [0.4, 0.5) is 5.69 Å². The Hall–Kier alpha value is -2.68. The van der Waals surface area contributed by atoms with Gasteiger partial charge in [-0.05, 0) is 24.3 Å². The van der Waals surface area contributed by atoms with Crippen LogP contribution >= 0.6 is 34.5 Å². The SMILES string of the molecule is O=C(Nc1cnn(Cc2c(Cl)cccc2Cl)c1)c1nnc(-c2ccco2)s1. The van der Waals surface area contributed by atoms with E-state index in [1.165, 1.54) is 12.5 Å². The molecular weight excluding hydrogens is 409 g/mol. The molecule has 0 spiro atoms. The molecule has 0 fully saturated rings. The van der Waals surface area contributed by atoms with Gasteiger partial charge in [0.05, 0.1) is 24.7 Å². The molecule has 0 radical (unpaired) electrons. The number of rotatable bonds is 5. The number of carbonyl (C=O) groups excluding carboxylic acids is 1. The van der Waals surface area contributed by atoms with E-state index in [1.54, 1.807) is 41.2 Å². The van der Waals surface area contributed by atoms with Crippen LogP contribution in [0.3, 0.4) is 0 Å². The van der Waals surface area contributed by atoms with Crippen LogP contribution in [0, 0.1) is 0 Å². The van der Waals surface area contributed by atoms with Crippen LogP contribution in [0.2, 0.25) is 10.0 Å². The molecule has 7 nitrogen and oxygen atoms in total. The van der Waals surface area contributed by atoms with Crippen molar-refractivity contribution in [2.24, 2.45) is 0 Å². The standard InChI is InChI=1S/C17H11Cl2N5O2S/c18-12-3-1-4-13(19)11(12)9-24-8-10(7-20-24)21-15(25)17-23-22-16(27-17)14-5-2-6-26-14/h1-8H,9H2,(H,21,25). The molecule has 0 aliphatic heterocycles. The molecule has 0 atom stereocenters. The van der Waals surface area contributed by atoms with Crippen LogP contribution in [0.1, 0.15) is 15.4 Å². The third-order valence-corrected chi connectivity index (χ3v) is 5.27. The van der Waals surface area contributed by atoms with Crippen LogP contribution in [0.25, 0.3) is 10.8 Å². The Kier molecular flexibility index (Phi) is 4.93. The van der Waals surface area contributed by atoms with E-state index in [4.69, 9.17) is 27.6 Å². The fourth-order valence-corrected chi connectivity index (χ4v) is 3.58. The van der Waals surface area contributed by atoms with Crippen LogP contribution in [0.5, 0.6) is 0 Å². The first-order valence-corrected chi connectivity index (χ1v) is 9.31. The lowest BCUT2D eigenvalue weighted by atomic mass is 10.2. The third kappa shape index (κ3) is 3.87. The Morgan fingerprint density at radius 1 is 1.19 bits per heavy atom. The van der Waals surface area contributed by atoms with Gasteiger partial charge in [-0.1, -0.05) is 40.6 Å². The van der Waals surface area contributed by atoms with Gasteiger partial charge in [0.2, 0.25) is 5.01 Å². The minimum absolute atomic E-state index is 0.225. The lowest BCUT2D eigenvalue weighted by Crippen LogP contribution is -2.11. The van der Waals surface area contributed by atoms with E-state index in [-0.39, 0.29) is 10.9 Å². The van der Waals surface area contributed by atoms with Crippen molar-refractivity contribution in [2.45, 2.75) is 6.54 Å². The fourth-order valence-electron chi connectivity index (χ4n) is 2.36. The molecule has 1 N–H and O–H groups in total. The van der Waals surface area contributed by atoms with Crippen molar-refractivity contribution in [3.63, 3.8) is 0 Å². The first kappa shape index (κ1) is 17.7. The van der Waals surface area contributed by atoms with Gasteiger partial charge in [-0.25, -0.2) is 0 Å². The Balaban J connectivity index is 1.45. The van der Waals surface area contributed by atoms with Crippen LogP contribution in [-0.4, -0.2) is 25.9 Å². The maximum absolute atomic E-state index is 12.4. The zero-order chi connectivity index (χ0) is 18.8. The average molecular weight is 420 g/mol. The highest BCUT2D eigenvalue weighted by atomic mass is 35.5. The zero-order valence-electron chi connectivity index (χ0n) is 13.6. The topological polar surface area (TPSA) is 85.8 Å². The highest BCUT2D eigenvalue weighted by Gasteiger charge is 2.16. The molecule has 10 heteroatoms. The second-order valence-corrected chi connectivity index (χ2v) is 7.26. The number of nitrogens with one attached hydrogen (secondary N) is 1. The predicted octanol–water partition coefficient (Wildman–Crippen LogP) is 4.60. The highest BCUT2D eigenvalue weighted by molar-refractivity contribution is 7.16. The summed E-state index contributed by atoms with van der Waals surface area (Å²) < 4.78 is 6.89. The van der Waals surface area contributed by atoms with Gasteiger partial charge >= 0.3 is 0 Å². The molecule has 0 aliphatic carbocycles. The maximum atomic E-state index is 12.4. The number of anilines is 1. The molecule has 136 valence electrons. The normalized spacial score (nSPS) is 10.9. The van der Waals surface area contributed by atoms with Gasteiger partial charge in [0.1, 0.15) is 0 Å². The van der Waals surface area contributed by atoms with E-state index in [2.05, 4.69) is 20.6 Å². The summed E-state index contributed by atoms with van der Waals surface area (Å²) in [5.41, 5.74) is 1.28. The second kappa shape index (κ2) is 7.51. The average Bonchev–Trinajstić information content (AvgIpc) is 3.38. The minimum atomic E-state index is -0.374. The molecule has 27 heavy (non-hydrogen) atoms. The zero-order valence-corrected chi connectivity index (χ0v) is 15.9. The van der Waals surface area contributed by atoms with Gasteiger partial charge in [-0.15, -0.1) is 10.2 Å². The van der Waals surface area contributed by atoms with Gasteiger partial charge in [0, 0.05) is 21.8 Å². The predicted molar refractivity (Wildman–Crippen MR) is 103 cm³/mol. The number of nitrogens with zero attached hydrogens (tertiary/aromatic N) is 4. The summed E-state index contributed by atoms with van der Waals surface area (Å²) in [5, 5.41) is 16.7. The van der Waals surface area contributed by atoms with E-state index in [9.17, 15) is 4.79 Å². The largest absolute Gasteiger partial charge is 0.462 e. The quantitative estimate of drug-likeness (QED) is 0.510. The summed E-state index contributed by atoms with van der Waals surface area (Å²) in [6.07, 6.45) is 4.76. The highest BCUT2D eigenvalue weighted by Crippen LogP contribution is 2.26. The number of benzene rings is 1. The van der Waals surface area contributed by atoms with Crippen molar-refractivity contribution in [3.05, 3.63) is 69.6 Å². The van der Waals surface area contributed by atoms with Crippen LogP contribution in [-0.2, 0) is 6.54 Å². The number of amides is 1. The van der Waals surface area contributed by atoms with E-state index in [0.29, 0.717) is 33.0 Å². The third-order valence-electron chi connectivity index (χ3n) is 3.62. The molecule has 0 unspecified atom stereocenters. The first-order chi connectivity index (χ1) is 13.1. The minimum Gasteiger partial charge on any atom is -0.462 e. The molecule has 0 saturated heterocycles. The van der Waals surface area contributed by atoms with Crippen molar-refractivity contribution in [1.82, 2.24) is 20.0 Å². The lowest BCUT2D eigenvalue weighted by molar-refractivity contribution is 0.102. The molecule has 3 aromatic heterocycles. The van der Waals surface area contributed by atoms with Crippen molar-refractivity contribution in [2.75, 3.05) is 5.32 Å². The number of halogens is 2. The smallest absolute Gasteiger partial charge is 0.286 e. The maximum Gasteiger partial charge on any atom is 0.286 e. The Bertz CT molecular complexity index is 1070. The molecule has 0 bridgehead atoms. The molecule has 0 saturated carbocycles. The van der Waals surface area contributed by atoms with Gasteiger partial charge in [0.25, 0.3) is 5.91 Å². The monoisotopic (exact) mass is 419 g/mol. The summed E-state index contributed by atoms with van der Waals surface area (Å²) in [7, 11) is 0. The van der Waals surface area contributed by atoms with E-state index < -0.39 is 0 Å². The van der Waals surface area contributed by atoms with E-state index in [0.717, 1.165) is 16.9 Å². The molecule has 4 rings (SSSR count). The van der Waals surface area contributed by atoms with Gasteiger partial charge in [0.15, 0.2) is 10.8 Å². The summed E-state index contributed by atoms with van der Waals surface area (Å²) in [5.74, 6) is 0.191. The fraction of sp³-hybridized carbons (Fsp3) is 0.0588. The molecule has 0 aliphatic rings. The summed E-state index contributed by atoms with van der Waals surface area (Å²) in [6.45, 7) is 0.385. The Labute approximate surface area is 167 Å². The summed E-state index contributed by atoms with van der Waals surface area (Å²) in [6, 6.07) is 8.81. The van der Waals surface area contributed by atoms with Crippen molar-refractivity contribution in [3.8, 4) is 10.8 Å². The number of aromatic nitrogens is 4. The van der Waals surface area contributed by atoms with Crippen LogP contribution < -0.4 is 5.32 Å². The van der Waals surface area contributed by atoms with Crippen LogP contribution in [0.15, 0.2) is 53.4 Å². The van der Waals surface area contributed by atoms with E-state index in [1.807, 2.05) is 0 Å². The molecule has 3 heterocycles. The first-order valence-electron chi connectivity index (χ1n) is 7.74.